The van der Waals surface area contributed by atoms with Gasteiger partial charge in [0.25, 0.3) is 0 Å². The smallest absolute Gasteiger partial charge is 0.341 e. The van der Waals surface area contributed by atoms with Crippen LogP contribution in [0.5, 0.6) is 5.88 Å². The Bertz CT molecular complexity index is 670. The summed E-state index contributed by atoms with van der Waals surface area (Å²) in [6.07, 6.45) is 0.510. The molecule has 2 rings (SSSR count). The molecule has 0 bridgehead atoms. The van der Waals surface area contributed by atoms with Crippen molar-refractivity contribution in [3.8, 4) is 17.1 Å². The van der Waals surface area contributed by atoms with Crippen molar-refractivity contribution in [1.29, 1.82) is 0 Å². The highest BCUT2D eigenvalue weighted by Crippen LogP contribution is 2.35. The number of carboxylic acid groups (broad SMARTS) is 1. The van der Waals surface area contributed by atoms with Gasteiger partial charge < -0.3 is 14.4 Å². The number of ether oxygens (including phenoxy) is 1. The summed E-state index contributed by atoms with van der Waals surface area (Å²) in [5, 5.41) is 17.7. The van der Waals surface area contributed by atoms with E-state index >= 15 is 0 Å². The number of rotatable bonds is 5. The maximum atomic E-state index is 11.6. The van der Waals surface area contributed by atoms with E-state index in [2.05, 4.69) is 10.3 Å². The summed E-state index contributed by atoms with van der Waals surface area (Å²) >= 11 is 0. The molecule has 2 heterocycles. The van der Waals surface area contributed by atoms with Crippen molar-refractivity contribution in [2.45, 2.75) is 27.2 Å². The average molecular weight is 293 g/mol. The van der Waals surface area contributed by atoms with E-state index in [0.717, 1.165) is 0 Å². The normalized spacial score (nSPS) is 11.1. The average Bonchev–Trinajstić information content (AvgIpc) is 2.88. The predicted octanol–water partition coefficient (Wildman–Crippen LogP) is 2.29. The number of aromatic carboxylic acids is 1. The number of nitrogens with zero attached hydrogens (tertiary/aromatic N) is 3. The fourth-order valence-electron chi connectivity index (χ4n) is 2.37. The summed E-state index contributed by atoms with van der Waals surface area (Å²) in [4.78, 5) is 11.6. The molecular weight excluding hydrogens is 274 g/mol. The van der Waals surface area contributed by atoms with Gasteiger partial charge in [-0.2, -0.15) is 5.10 Å². The van der Waals surface area contributed by atoms with Gasteiger partial charge in [-0.15, -0.1) is 0 Å². The Morgan fingerprint density at radius 1 is 1.48 bits per heavy atom. The second-order valence-electron chi connectivity index (χ2n) is 5.33. The van der Waals surface area contributed by atoms with Gasteiger partial charge in [0.2, 0.25) is 5.88 Å². The van der Waals surface area contributed by atoms with Crippen molar-refractivity contribution < 1.29 is 19.2 Å². The lowest BCUT2D eigenvalue weighted by Crippen LogP contribution is -2.04. The first kappa shape index (κ1) is 15.1. The largest absolute Gasteiger partial charge is 0.481 e. The molecule has 0 saturated carbocycles. The standard InChI is InChI=1S/C14H19N3O4/c1-7(2)6-9-11(14(18)19)12(16-21-9)10-8(3)15-17(4)13(10)20-5/h7H,6H2,1-5H3,(H,18,19). The van der Waals surface area contributed by atoms with Gasteiger partial charge in [-0.1, -0.05) is 19.0 Å². The second kappa shape index (κ2) is 5.59. The minimum absolute atomic E-state index is 0.0816. The van der Waals surface area contributed by atoms with Crippen LogP contribution in [0.25, 0.3) is 11.3 Å². The Labute approximate surface area is 122 Å². The third-order valence-electron chi connectivity index (χ3n) is 3.17. The van der Waals surface area contributed by atoms with Crippen LogP contribution in [0, 0.1) is 12.8 Å². The highest BCUT2D eigenvalue weighted by Gasteiger charge is 2.29. The number of carboxylic acids is 1. The lowest BCUT2D eigenvalue weighted by atomic mass is 10.0. The van der Waals surface area contributed by atoms with E-state index in [1.54, 1.807) is 18.7 Å². The molecule has 0 aliphatic heterocycles. The number of methoxy groups -OCH3 is 1. The van der Waals surface area contributed by atoms with Gasteiger partial charge in [-0.25, -0.2) is 9.48 Å². The quantitative estimate of drug-likeness (QED) is 0.909. The predicted molar refractivity (Wildman–Crippen MR) is 75.5 cm³/mol. The molecule has 0 atom stereocenters. The first-order chi connectivity index (χ1) is 9.86. The summed E-state index contributed by atoms with van der Waals surface area (Å²) in [6, 6.07) is 0. The third kappa shape index (κ3) is 2.63. The summed E-state index contributed by atoms with van der Waals surface area (Å²) in [5.41, 5.74) is 1.54. The van der Waals surface area contributed by atoms with Crippen molar-refractivity contribution in [3.05, 3.63) is 17.0 Å². The maximum absolute atomic E-state index is 11.6. The molecular formula is C14H19N3O4. The van der Waals surface area contributed by atoms with Crippen molar-refractivity contribution in [2.75, 3.05) is 7.11 Å². The number of aryl methyl sites for hydroxylation is 2. The number of hydrogen-bond acceptors (Lipinski definition) is 5. The van der Waals surface area contributed by atoms with E-state index in [0.29, 0.717) is 29.3 Å². The SMILES string of the molecule is COc1c(-c2noc(CC(C)C)c2C(=O)O)c(C)nn1C. The molecule has 0 aliphatic carbocycles. The van der Waals surface area contributed by atoms with E-state index in [-0.39, 0.29) is 17.2 Å². The highest BCUT2D eigenvalue weighted by atomic mass is 16.5. The highest BCUT2D eigenvalue weighted by molar-refractivity contribution is 5.96. The molecule has 0 unspecified atom stereocenters. The molecule has 21 heavy (non-hydrogen) atoms. The minimum atomic E-state index is -1.06. The van der Waals surface area contributed by atoms with E-state index in [1.807, 2.05) is 13.8 Å². The Morgan fingerprint density at radius 2 is 2.14 bits per heavy atom. The summed E-state index contributed by atoms with van der Waals surface area (Å²) in [6.45, 7) is 5.76. The van der Waals surface area contributed by atoms with Crippen LogP contribution in [0.15, 0.2) is 4.52 Å². The van der Waals surface area contributed by atoms with Gasteiger partial charge in [0.15, 0.2) is 5.76 Å². The van der Waals surface area contributed by atoms with E-state index < -0.39 is 5.97 Å². The maximum Gasteiger partial charge on any atom is 0.341 e. The zero-order valence-electron chi connectivity index (χ0n) is 12.8. The molecule has 0 radical (unpaired) electrons. The molecule has 0 amide bonds. The second-order valence-corrected chi connectivity index (χ2v) is 5.33. The van der Waals surface area contributed by atoms with E-state index in [1.165, 1.54) is 7.11 Å². The zero-order chi connectivity index (χ0) is 15.7. The van der Waals surface area contributed by atoms with Crippen molar-refractivity contribution >= 4 is 5.97 Å². The van der Waals surface area contributed by atoms with Crippen LogP contribution in [-0.2, 0) is 13.5 Å². The molecule has 1 N–H and O–H groups in total. The van der Waals surface area contributed by atoms with Crippen LogP contribution in [-0.4, -0.2) is 33.1 Å². The summed E-state index contributed by atoms with van der Waals surface area (Å²) in [7, 11) is 3.24. The zero-order valence-corrected chi connectivity index (χ0v) is 12.8. The van der Waals surface area contributed by atoms with E-state index in [4.69, 9.17) is 9.26 Å². The Hall–Kier alpha value is -2.31. The van der Waals surface area contributed by atoms with Crippen molar-refractivity contribution in [2.24, 2.45) is 13.0 Å². The molecule has 0 aliphatic rings. The monoisotopic (exact) mass is 293 g/mol. The molecule has 114 valence electrons. The molecule has 7 heteroatoms. The van der Waals surface area contributed by atoms with Gasteiger partial charge >= 0.3 is 5.97 Å². The Balaban J connectivity index is 2.65. The Morgan fingerprint density at radius 3 is 2.67 bits per heavy atom. The molecule has 0 spiro atoms. The summed E-state index contributed by atoms with van der Waals surface area (Å²) in [5.74, 6) is 0.0326. The van der Waals surface area contributed by atoms with Gasteiger partial charge in [0, 0.05) is 13.5 Å². The molecule has 7 nitrogen and oxygen atoms in total. The first-order valence-electron chi connectivity index (χ1n) is 6.66. The minimum Gasteiger partial charge on any atom is -0.481 e. The number of hydrogen-bond donors (Lipinski definition) is 1. The van der Waals surface area contributed by atoms with Crippen LogP contribution in [0.2, 0.25) is 0 Å². The first-order valence-corrected chi connectivity index (χ1v) is 6.66. The molecule has 0 fully saturated rings. The van der Waals surface area contributed by atoms with Crippen LogP contribution in [0.4, 0.5) is 0 Å². The van der Waals surface area contributed by atoms with Crippen LogP contribution in [0.1, 0.15) is 35.7 Å². The van der Waals surface area contributed by atoms with Crippen molar-refractivity contribution in [1.82, 2.24) is 14.9 Å². The molecule has 0 saturated heterocycles. The van der Waals surface area contributed by atoms with Gasteiger partial charge in [-0.05, 0) is 12.8 Å². The Kier molecular flexibility index (Phi) is 4.02. The van der Waals surface area contributed by atoms with Crippen molar-refractivity contribution in [3.63, 3.8) is 0 Å². The lowest BCUT2D eigenvalue weighted by molar-refractivity contribution is 0.0695. The third-order valence-corrected chi connectivity index (χ3v) is 3.17. The van der Waals surface area contributed by atoms with Crippen LogP contribution in [0.3, 0.4) is 0 Å². The van der Waals surface area contributed by atoms with Gasteiger partial charge in [-0.3, -0.25) is 0 Å². The molecule has 0 aromatic carbocycles. The molecule has 2 aromatic rings. The topological polar surface area (TPSA) is 90.4 Å². The van der Waals surface area contributed by atoms with E-state index in [9.17, 15) is 9.90 Å². The number of carbonyl (C=O) groups is 1. The molecule has 2 aromatic heterocycles. The number of aromatic nitrogens is 3. The lowest BCUT2D eigenvalue weighted by Gasteiger charge is -2.04. The van der Waals surface area contributed by atoms with Crippen LogP contribution < -0.4 is 4.74 Å². The summed E-state index contributed by atoms with van der Waals surface area (Å²) < 4.78 is 12.1. The van der Waals surface area contributed by atoms with Crippen LogP contribution >= 0.6 is 0 Å². The van der Waals surface area contributed by atoms with Gasteiger partial charge in [0.05, 0.1) is 18.4 Å². The van der Waals surface area contributed by atoms with Gasteiger partial charge in [0.1, 0.15) is 11.3 Å². The fraction of sp³-hybridized carbons (Fsp3) is 0.500. The fourth-order valence-corrected chi connectivity index (χ4v) is 2.37.